The highest BCUT2D eigenvalue weighted by atomic mass is 32.7. The maximum Gasteiger partial charge on any atom is 0.198 e. The van der Waals surface area contributed by atoms with Crippen LogP contribution in [0, 0.1) is 0 Å². The summed E-state index contributed by atoms with van der Waals surface area (Å²) in [5.41, 5.74) is 0. The summed E-state index contributed by atoms with van der Waals surface area (Å²) in [5, 5.41) is 0. The number of hydrogen-bond acceptors (Lipinski definition) is 3. The number of rotatable bonds is 6. The number of hydrogen-bond donors (Lipinski definition) is 0. The fourth-order valence-corrected chi connectivity index (χ4v) is 13.4. The Bertz CT molecular complexity index is 750. The molecule has 3 nitrogen and oxygen atoms in total. The Hall–Kier alpha value is -2.04. The van der Waals surface area contributed by atoms with Gasteiger partial charge in [-0.1, -0.05) is 54.6 Å². The van der Waals surface area contributed by atoms with Crippen LogP contribution in [0.25, 0.3) is 0 Å². The standard InChI is InChI=1S/C18H15O3P3/c1-4-10-16(11-5-1)19-22-23(20-17-12-6-2-7-13-17)24(22)21-18-14-8-3-9-15-18/h1-15H. The Labute approximate surface area is 143 Å². The lowest BCUT2D eigenvalue weighted by Crippen LogP contribution is -1.74. The Balaban J connectivity index is 1.57. The molecule has 4 rings (SSSR count). The van der Waals surface area contributed by atoms with Crippen molar-refractivity contribution in [2.45, 2.75) is 0 Å². The molecule has 0 unspecified atom stereocenters. The van der Waals surface area contributed by atoms with Crippen molar-refractivity contribution in [2.75, 3.05) is 0 Å². The van der Waals surface area contributed by atoms with E-state index in [4.69, 9.17) is 13.6 Å². The minimum absolute atomic E-state index is 0.716. The monoisotopic (exact) mass is 372 g/mol. The summed E-state index contributed by atoms with van der Waals surface area (Å²) in [7, 11) is -2.15. The third-order valence-corrected chi connectivity index (χ3v) is 14.6. The third-order valence-electron chi connectivity index (χ3n) is 3.20. The summed E-state index contributed by atoms with van der Waals surface area (Å²) in [6.45, 7) is 0. The van der Waals surface area contributed by atoms with Gasteiger partial charge in [0.25, 0.3) is 0 Å². The van der Waals surface area contributed by atoms with E-state index in [2.05, 4.69) is 0 Å². The molecular weight excluding hydrogens is 357 g/mol. The van der Waals surface area contributed by atoms with Gasteiger partial charge < -0.3 is 13.6 Å². The van der Waals surface area contributed by atoms with Crippen molar-refractivity contribution in [3.8, 4) is 17.2 Å². The fourth-order valence-electron chi connectivity index (χ4n) is 2.03. The van der Waals surface area contributed by atoms with Crippen LogP contribution in [0.4, 0.5) is 0 Å². The van der Waals surface area contributed by atoms with Gasteiger partial charge in [0.05, 0.1) is 0 Å². The summed E-state index contributed by atoms with van der Waals surface area (Å²) in [4.78, 5) is 0. The van der Waals surface area contributed by atoms with Crippen LogP contribution in [0.5, 0.6) is 17.2 Å². The van der Waals surface area contributed by atoms with Gasteiger partial charge in [-0.2, -0.15) is 0 Å². The zero-order chi connectivity index (χ0) is 16.2. The third kappa shape index (κ3) is 3.71. The zero-order valence-electron chi connectivity index (χ0n) is 12.7. The molecule has 0 N–H and O–H groups in total. The highest BCUT2D eigenvalue weighted by Gasteiger charge is 2.32. The van der Waals surface area contributed by atoms with Crippen LogP contribution >= 0.6 is 21.3 Å². The predicted octanol–water partition coefficient (Wildman–Crippen LogP) is 7.17. The van der Waals surface area contributed by atoms with Crippen LogP contribution in [-0.2, 0) is 0 Å². The van der Waals surface area contributed by atoms with Gasteiger partial charge in [-0.15, -0.1) is 0 Å². The van der Waals surface area contributed by atoms with E-state index in [1.807, 2.05) is 91.0 Å². The van der Waals surface area contributed by atoms with Gasteiger partial charge in [0, 0.05) is 0 Å². The lowest BCUT2D eigenvalue weighted by atomic mass is 10.3. The number of benzene rings is 3. The predicted molar refractivity (Wildman–Crippen MR) is 102 cm³/mol. The highest BCUT2D eigenvalue weighted by Crippen LogP contribution is 2.87. The van der Waals surface area contributed by atoms with Gasteiger partial charge in [-0.25, -0.2) is 0 Å². The first kappa shape index (κ1) is 15.5. The maximum absolute atomic E-state index is 6.17. The second-order valence-electron chi connectivity index (χ2n) is 4.97. The second kappa shape index (κ2) is 7.24. The van der Waals surface area contributed by atoms with E-state index >= 15 is 0 Å². The Morgan fingerprint density at radius 2 is 0.625 bits per heavy atom. The van der Waals surface area contributed by atoms with Crippen molar-refractivity contribution in [3.05, 3.63) is 91.0 Å². The van der Waals surface area contributed by atoms with E-state index in [1.165, 1.54) is 0 Å². The quantitative estimate of drug-likeness (QED) is 0.359. The molecule has 0 aliphatic carbocycles. The Morgan fingerprint density at radius 1 is 0.375 bits per heavy atom. The van der Waals surface area contributed by atoms with Crippen molar-refractivity contribution < 1.29 is 13.6 Å². The molecule has 0 radical (unpaired) electrons. The molecule has 4 aromatic rings. The van der Waals surface area contributed by atoms with Crippen molar-refractivity contribution in [1.29, 1.82) is 0 Å². The number of para-hydroxylation sites is 3. The van der Waals surface area contributed by atoms with E-state index in [9.17, 15) is 0 Å². The second-order valence-corrected chi connectivity index (χ2v) is 16.4. The van der Waals surface area contributed by atoms with Crippen LogP contribution in [0.1, 0.15) is 0 Å². The largest absolute Gasteiger partial charge is 0.432 e. The minimum atomic E-state index is -0.716. The average molecular weight is 372 g/mol. The summed E-state index contributed by atoms with van der Waals surface area (Å²) in [5.74, 6) is 2.65. The van der Waals surface area contributed by atoms with E-state index < -0.39 is 21.3 Å². The lowest BCUT2D eigenvalue weighted by molar-refractivity contribution is 0.626. The molecule has 0 amide bonds. The van der Waals surface area contributed by atoms with Gasteiger partial charge >= 0.3 is 0 Å². The van der Waals surface area contributed by atoms with Gasteiger partial charge in [0.2, 0.25) is 0 Å². The van der Waals surface area contributed by atoms with Crippen LogP contribution in [-0.4, -0.2) is 0 Å². The van der Waals surface area contributed by atoms with E-state index in [1.54, 1.807) is 0 Å². The fraction of sp³-hybridized carbons (Fsp3) is 0. The van der Waals surface area contributed by atoms with E-state index in [-0.39, 0.29) is 0 Å². The van der Waals surface area contributed by atoms with Crippen molar-refractivity contribution >= 4 is 21.3 Å². The zero-order valence-corrected chi connectivity index (χ0v) is 15.4. The molecule has 120 valence electrons. The first-order valence-electron chi connectivity index (χ1n) is 7.49. The minimum Gasteiger partial charge on any atom is -0.432 e. The Morgan fingerprint density at radius 3 is 0.875 bits per heavy atom. The maximum atomic E-state index is 6.17. The molecule has 1 aromatic heterocycles. The molecule has 24 heavy (non-hydrogen) atoms. The molecular formula is C18H15O3P3. The van der Waals surface area contributed by atoms with E-state index in [0.29, 0.717) is 0 Å². The van der Waals surface area contributed by atoms with Crippen molar-refractivity contribution in [1.82, 2.24) is 0 Å². The first-order valence-corrected chi connectivity index (χ1v) is 13.4. The molecule has 3 aromatic carbocycles. The van der Waals surface area contributed by atoms with E-state index in [0.717, 1.165) is 17.2 Å². The smallest absolute Gasteiger partial charge is 0.198 e. The van der Waals surface area contributed by atoms with Crippen molar-refractivity contribution in [3.63, 3.8) is 0 Å². The topological polar surface area (TPSA) is 27.7 Å². The Kier molecular flexibility index (Phi) is 4.67. The van der Waals surface area contributed by atoms with Crippen LogP contribution in [0.15, 0.2) is 91.0 Å². The molecule has 0 spiro atoms. The van der Waals surface area contributed by atoms with Crippen LogP contribution in [0.3, 0.4) is 0 Å². The van der Waals surface area contributed by atoms with Gasteiger partial charge in [0.15, 0.2) is 21.3 Å². The molecule has 6 heteroatoms. The molecule has 0 saturated carbocycles. The van der Waals surface area contributed by atoms with Gasteiger partial charge in [-0.05, 0) is 36.4 Å². The summed E-state index contributed by atoms with van der Waals surface area (Å²) in [6.07, 6.45) is 0. The normalized spacial score (nSPS) is 12.8. The summed E-state index contributed by atoms with van der Waals surface area (Å²) in [6, 6.07) is 29.7. The van der Waals surface area contributed by atoms with Crippen molar-refractivity contribution in [2.24, 2.45) is 0 Å². The SMILES string of the molecule is c1ccc(Op2p(Oc3ccccc3)p2Oc2ccccc2)cc1. The van der Waals surface area contributed by atoms with Crippen LogP contribution < -0.4 is 13.6 Å². The van der Waals surface area contributed by atoms with Gasteiger partial charge in [0.1, 0.15) is 17.2 Å². The highest BCUT2D eigenvalue weighted by molar-refractivity contribution is 8.69. The van der Waals surface area contributed by atoms with Gasteiger partial charge in [-0.3, -0.25) is 0 Å². The molecule has 0 atom stereocenters. The van der Waals surface area contributed by atoms with Crippen LogP contribution in [0.2, 0.25) is 0 Å². The average Bonchev–Trinajstić information content (AvgIpc) is 3.27. The molecule has 0 aliphatic rings. The molecule has 0 aliphatic heterocycles. The molecule has 0 bridgehead atoms. The molecule has 1 heterocycles. The summed E-state index contributed by atoms with van der Waals surface area (Å²) < 4.78 is 18.5. The lowest BCUT2D eigenvalue weighted by Gasteiger charge is -1.99. The summed E-state index contributed by atoms with van der Waals surface area (Å²) >= 11 is 0. The molecule has 0 fully saturated rings. The first-order chi connectivity index (χ1) is 11.9. The molecule has 0 saturated heterocycles.